The van der Waals surface area contributed by atoms with E-state index in [2.05, 4.69) is 0 Å². The van der Waals surface area contributed by atoms with Crippen LogP contribution in [0.2, 0.25) is 0 Å². The Hall–Kier alpha value is -3.64. The molecule has 6 heteroatoms. The number of hydrogen-bond acceptors (Lipinski definition) is 5. The molecule has 0 saturated carbocycles. The first kappa shape index (κ1) is 18.7. The van der Waals surface area contributed by atoms with Crippen LogP contribution in [0.25, 0.3) is 23.1 Å². The third kappa shape index (κ3) is 3.97. The molecule has 0 bridgehead atoms. The number of nitrogens with two attached hydrogens (primary N) is 1. The zero-order valence-corrected chi connectivity index (χ0v) is 16.0. The highest BCUT2D eigenvalue weighted by atomic mass is 16.5. The van der Waals surface area contributed by atoms with Crippen molar-refractivity contribution in [1.82, 2.24) is 9.55 Å². The monoisotopic (exact) mass is 387 g/mol. The third-order valence-corrected chi connectivity index (χ3v) is 4.70. The smallest absolute Gasteiger partial charge is 0.262 e. The fourth-order valence-corrected chi connectivity index (χ4v) is 3.20. The predicted molar refractivity (Wildman–Crippen MR) is 114 cm³/mol. The van der Waals surface area contributed by atoms with Gasteiger partial charge in [0.15, 0.2) is 0 Å². The van der Waals surface area contributed by atoms with Crippen molar-refractivity contribution in [2.75, 3.05) is 7.11 Å². The molecular weight excluding hydrogens is 366 g/mol. The van der Waals surface area contributed by atoms with E-state index in [9.17, 15) is 4.79 Å². The average Bonchev–Trinajstić information content (AvgIpc) is 3.28. The van der Waals surface area contributed by atoms with Gasteiger partial charge in [-0.1, -0.05) is 24.3 Å². The van der Waals surface area contributed by atoms with Gasteiger partial charge in [-0.15, -0.1) is 0 Å². The molecular formula is C23H21N3O3. The highest BCUT2D eigenvalue weighted by Gasteiger charge is 2.11. The summed E-state index contributed by atoms with van der Waals surface area (Å²) in [4.78, 5) is 18.0. The number of aromatic nitrogens is 2. The maximum atomic E-state index is 13.3. The highest BCUT2D eigenvalue weighted by Crippen LogP contribution is 2.18. The Morgan fingerprint density at radius 3 is 2.72 bits per heavy atom. The second kappa shape index (κ2) is 8.16. The first-order valence-corrected chi connectivity index (χ1v) is 9.26. The Morgan fingerprint density at radius 1 is 1.10 bits per heavy atom. The van der Waals surface area contributed by atoms with Gasteiger partial charge in [0.1, 0.15) is 17.3 Å². The summed E-state index contributed by atoms with van der Waals surface area (Å²) in [5.74, 6) is 1.85. The summed E-state index contributed by atoms with van der Waals surface area (Å²) in [5, 5.41) is 0.509. The van der Waals surface area contributed by atoms with Crippen LogP contribution in [0.5, 0.6) is 5.75 Å². The van der Waals surface area contributed by atoms with Crippen LogP contribution in [0.3, 0.4) is 0 Å². The van der Waals surface area contributed by atoms with Crippen LogP contribution in [0.1, 0.15) is 22.7 Å². The van der Waals surface area contributed by atoms with E-state index in [1.807, 2.05) is 36.4 Å². The lowest BCUT2D eigenvalue weighted by atomic mass is 10.1. The highest BCUT2D eigenvalue weighted by molar-refractivity contribution is 5.80. The van der Waals surface area contributed by atoms with Gasteiger partial charge in [0.2, 0.25) is 0 Å². The fourth-order valence-electron chi connectivity index (χ4n) is 3.20. The fraction of sp³-hybridized carbons (Fsp3) is 0.130. The molecule has 4 aromatic rings. The maximum Gasteiger partial charge on any atom is 0.262 e. The van der Waals surface area contributed by atoms with Crippen LogP contribution in [0, 0.1) is 0 Å². The summed E-state index contributed by atoms with van der Waals surface area (Å²) in [6, 6.07) is 16.8. The molecule has 0 saturated heterocycles. The van der Waals surface area contributed by atoms with Gasteiger partial charge in [0, 0.05) is 6.54 Å². The summed E-state index contributed by atoms with van der Waals surface area (Å²) in [6.07, 6.45) is 5.19. The molecule has 29 heavy (non-hydrogen) atoms. The molecule has 2 N–H and O–H groups in total. The van der Waals surface area contributed by atoms with E-state index < -0.39 is 0 Å². The summed E-state index contributed by atoms with van der Waals surface area (Å²) in [7, 11) is 1.58. The molecule has 0 spiro atoms. The molecule has 2 heterocycles. The lowest BCUT2D eigenvalue weighted by Crippen LogP contribution is -2.24. The molecule has 4 rings (SSSR count). The second-order valence-corrected chi connectivity index (χ2v) is 6.62. The number of nitrogens with zero attached hydrogens (tertiary/aromatic N) is 2. The minimum Gasteiger partial charge on any atom is -0.497 e. The topological polar surface area (TPSA) is 83.3 Å². The van der Waals surface area contributed by atoms with Gasteiger partial charge in [0.25, 0.3) is 5.56 Å². The van der Waals surface area contributed by atoms with Crippen molar-refractivity contribution in [2.45, 2.75) is 13.1 Å². The molecule has 2 aromatic heterocycles. The third-order valence-electron chi connectivity index (χ3n) is 4.70. The van der Waals surface area contributed by atoms with Gasteiger partial charge in [-0.25, -0.2) is 4.98 Å². The number of furan rings is 1. The Labute approximate surface area is 167 Å². The van der Waals surface area contributed by atoms with E-state index in [1.54, 1.807) is 48.3 Å². The molecule has 0 fully saturated rings. The van der Waals surface area contributed by atoms with Crippen molar-refractivity contribution >= 4 is 23.1 Å². The standard InChI is InChI=1S/C23H21N3O3/c1-28-19-7-9-21-20(13-19)23(27)26(15-17-5-2-4-16(12-17)14-24)22(25-21)10-8-18-6-3-11-29-18/h2-13H,14-15,24H2,1H3. The Kier molecular flexibility index (Phi) is 5.27. The molecule has 0 amide bonds. The van der Waals surface area contributed by atoms with Crippen molar-refractivity contribution in [2.24, 2.45) is 5.73 Å². The molecule has 0 aliphatic heterocycles. The van der Waals surface area contributed by atoms with Gasteiger partial charge < -0.3 is 14.9 Å². The Morgan fingerprint density at radius 2 is 1.97 bits per heavy atom. The summed E-state index contributed by atoms with van der Waals surface area (Å²) in [5.41, 5.74) is 8.23. The Bertz CT molecular complexity index is 1220. The number of benzene rings is 2. The largest absolute Gasteiger partial charge is 0.497 e. The van der Waals surface area contributed by atoms with Gasteiger partial charge in [-0.3, -0.25) is 9.36 Å². The minimum atomic E-state index is -0.133. The molecule has 6 nitrogen and oxygen atoms in total. The van der Waals surface area contributed by atoms with Gasteiger partial charge in [-0.2, -0.15) is 0 Å². The molecule has 0 unspecified atom stereocenters. The SMILES string of the molecule is COc1ccc2nc(C=Cc3ccco3)n(Cc3cccc(CN)c3)c(=O)c2c1. The number of hydrogen-bond donors (Lipinski definition) is 1. The van der Waals surface area contributed by atoms with Crippen LogP contribution >= 0.6 is 0 Å². The molecule has 0 aliphatic carbocycles. The van der Waals surface area contributed by atoms with E-state index in [1.165, 1.54) is 0 Å². The maximum absolute atomic E-state index is 13.3. The number of ether oxygens (including phenoxy) is 1. The summed E-state index contributed by atoms with van der Waals surface area (Å²) >= 11 is 0. The average molecular weight is 387 g/mol. The van der Waals surface area contributed by atoms with Crippen LogP contribution in [0.4, 0.5) is 0 Å². The van der Waals surface area contributed by atoms with Crippen LogP contribution in [-0.2, 0) is 13.1 Å². The number of methoxy groups -OCH3 is 1. The summed E-state index contributed by atoms with van der Waals surface area (Å²) < 4.78 is 12.3. The second-order valence-electron chi connectivity index (χ2n) is 6.62. The van der Waals surface area contributed by atoms with Gasteiger partial charge in [0.05, 0.1) is 30.8 Å². The molecule has 0 radical (unpaired) electrons. The zero-order valence-electron chi connectivity index (χ0n) is 16.0. The van der Waals surface area contributed by atoms with Crippen LogP contribution in [-0.4, -0.2) is 16.7 Å². The quantitative estimate of drug-likeness (QED) is 0.546. The number of rotatable bonds is 6. The lowest BCUT2D eigenvalue weighted by Gasteiger charge is -2.13. The van der Waals surface area contributed by atoms with Crippen molar-refractivity contribution < 1.29 is 9.15 Å². The predicted octanol–water partition coefficient (Wildman–Crippen LogP) is 3.68. The molecule has 0 aliphatic rings. The Balaban J connectivity index is 1.86. The van der Waals surface area contributed by atoms with Crippen molar-refractivity contribution in [3.05, 3.63) is 93.9 Å². The van der Waals surface area contributed by atoms with Crippen molar-refractivity contribution in [1.29, 1.82) is 0 Å². The van der Waals surface area contributed by atoms with Crippen LogP contribution in [0.15, 0.2) is 70.1 Å². The molecule has 0 atom stereocenters. The minimum absolute atomic E-state index is 0.133. The van der Waals surface area contributed by atoms with Crippen molar-refractivity contribution in [3.63, 3.8) is 0 Å². The zero-order chi connectivity index (χ0) is 20.2. The molecule has 2 aromatic carbocycles. The first-order valence-electron chi connectivity index (χ1n) is 9.26. The van der Waals surface area contributed by atoms with Crippen molar-refractivity contribution in [3.8, 4) is 5.75 Å². The van der Waals surface area contributed by atoms with Crippen LogP contribution < -0.4 is 16.0 Å². The normalized spacial score (nSPS) is 11.4. The molecule has 146 valence electrons. The van der Waals surface area contributed by atoms with E-state index in [-0.39, 0.29) is 5.56 Å². The van der Waals surface area contributed by atoms with E-state index in [0.717, 1.165) is 11.1 Å². The first-order chi connectivity index (χ1) is 14.2. The van der Waals surface area contributed by atoms with Gasteiger partial charge >= 0.3 is 0 Å². The lowest BCUT2D eigenvalue weighted by molar-refractivity contribution is 0.415. The van der Waals surface area contributed by atoms with E-state index in [0.29, 0.717) is 41.3 Å². The summed E-state index contributed by atoms with van der Waals surface area (Å²) in [6.45, 7) is 0.825. The van der Waals surface area contributed by atoms with E-state index >= 15 is 0 Å². The van der Waals surface area contributed by atoms with E-state index in [4.69, 9.17) is 19.9 Å². The van der Waals surface area contributed by atoms with Gasteiger partial charge in [-0.05, 0) is 53.6 Å². The number of fused-ring (bicyclic) bond motifs is 1.